The van der Waals surface area contributed by atoms with Crippen molar-refractivity contribution in [1.29, 1.82) is 0 Å². The van der Waals surface area contributed by atoms with Gasteiger partial charge in [-0.1, -0.05) is 6.07 Å². The topological polar surface area (TPSA) is 65.3 Å². The van der Waals surface area contributed by atoms with Crippen LogP contribution in [0.4, 0.5) is 0 Å². The van der Waals surface area contributed by atoms with E-state index in [1.165, 1.54) is 0 Å². The van der Waals surface area contributed by atoms with Crippen LogP contribution in [0, 0.1) is 6.92 Å². The second kappa shape index (κ2) is 8.21. The Bertz CT molecular complexity index is 993. The Labute approximate surface area is 171 Å². The molecule has 0 bridgehead atoms. The van der Waals surface area contributed by atoms with Crippen LogP contribution < -0.4 is 9.47 Å². The van der Waals surface area contributed by atoms with Gasteiger partial charge >= 0.3 is 0 Å². The lowest BCUT2D eigenvalue weighted by molar-refractivity contribution is 0.220. The summed E-state index contributed by atoms with van der Waals surface area (Å²) in [5.74, 6) is 3.18. The Hall–Kier alpha value is -2.93. The highest BCUT2D eigenvalue weighted by Crippen LogP contribution is 2.34. The molecule has 0 spiro atoms. The van der Waals surface area contributed by atoms with Gasteiger partial charge in [-0.3, -0.25) is 4.98 Å². The van der Waals surface area contributed by atoms with E-state index in [0.717, 1.165) is 54.4 Å². The first-order chi connectivity index (χ1) is 14.1. The number of ether oxygens (including phenoxy) is 2. The van der Waals surface area contributed by atoms with Crippen LogP contribution in [0.25, 0.3) is 22.6 Å². The summed E-state index contributed by atoms with van der Waals surface area (Å²) in [6.07, 6.45) is 4.01. The summed E-state index contributed by atoms with van der Waals surface area (Å²) >= 11 is 0. The first kappa shape index (κ1) is 19.4. The molecule has 0 atom stereocenters. The van der Waals surface area contributed by atoms with E-state index in [4.69, 9.17) is 9.47 Å². The van der Waals surface area contributed by atoms with Crippen LogP contribution in [-0.2, 0) is 0 Å². The zero-order chi connectivity index (χ0) is 20.4. The van der Waals surface area contributed by atoms with Crippen LogP contribution in [0.2, 0.25) is 0 Å². The first-order valence-electron chi connectivity index (χ1n) is 9.89. The van der Waals surface area contributed by atoms with Crippen molar-refractivity contribution in [2.75, 3.05) is 34.4 Å². The van der Waals surface area contributed by atoms with Crippen LogP contribution in [0.5, 0.6) is 11.5 Å². The van der Waals surface area contributed by atoms with Crippen molar-refractivity contribution in [3.8, 4) is 34.1 Å². The molecule has 1 aromatic carbocycles. The van der Waals surface area contributed by atoms with E-state index in [-0.39, 0.29) is 0 Å². The zero-order valence-electron chi connectivity index (χ0n) is 17.4. The fourth-order valence-electron chi connectivity index (χ4n) is 3.98. The molecule has 4 rings (SSSR count). The van der Waals surface area contributed by atoms with Crippen LogP contribution in [0.3, 0.4) is 0 Å². The van der Waals surface area contributed by atoms with Crippen molar-refractivity contribution >= 4 is 0 Å². The van der Waals surface area contributed by atoms with Gasteiger partial charge in [0, 0.05) is 12.2 Å². The van der Waals surface area contributed by atoms with Crippen molar-refractivity contribution in [2.45, 2.75) is 25.8 Å². The van der Waals surface area contributed by atoms with Gasteiger partial charge in [0.05, 0.1) is 14.2 Å². The molecule has 2 aromatic heterocycles. The average Bonchev–Trinajstić information content (AvgIpc) is 3.15. The molecule has 3 heterocycles. The van der Waals surface area contributed by atoms with Crippen molar-refractivity contribution in [2.24, 2.45) is 0 Å². The maximum Gasteiger partial charge on any atom is 0.182 e. The number of aryl methyl sites for hydroxylation is 1. The number of methoxy groups -OCH3 is 2. The van der Waals surface area contributed by atoms with E-state index in [0.29, 0.717) is 17.5 Å². The predicted molar refractivity (Wildman–Crippen MR) is 112 cm³/mol. The fraction of sp³-hybridized carbons (Fsp3) is 0.409. The summed E-state index contributed by atoms with van der Waals surface area (Å²) in [4.78, 5) is 6.97. The number of hydrogen-bond donors (Lipinski definition) is 0. The van der Waals surface area contributed by atoms with Crippen LogP contribution in [0.15, 0.2) is 36.5 Å². The van der Waals surface area contributed by atoms with Gasteiger partial charge in [0.25, 0.3) is 0 Å². The van der Waals surface area contributed by atoms with Crippen molar-refractivity contribution in [3.63, 3.8) is 0 Å². The third-order valence-electron chi connectivity index (χ3n) is 5.63. The van der Waals surface area contributed by atoms with Crippen LogP contribution in [-0.4, -0.2) is 59.0 Å². The number of piperidine rings is 1. The zero-order valence-corrected chi connectivity index (χ0v) is 17.4. The van der Waals surface area contributed by atoms with E-state index in [9.17, 15) is 0 Å². The molecule has 1 aliphatic heterocycles. The molecular formula is C22H27N5O2. The number of pyridine rings is 1. The maximum absolute atomic E-state index is 5.45. The first-order valence-corrected chi connectivity index (χ1v) is 9.89. The highest BCUT2D eigenvalue weighted by atomic mass is 16.5. The van der Waals surface area contributed by atoms with Gasteiger partial charge in [0.15, 0.2) is 17.3 Å². The molecule has 0 saturated carbocycles. The second-order valence-corrected chi connectivity index (χ2v) is 7.47. The molecule has 0 unspecified atom stereocenters. The Kier molecular flexibility index (Phi) is 5.49. The van der Waals surface area contributed by atoms with Gasteiger partial charge in [-0.25, -0.2) is 0 Å². The van der Waals surface area contributed by atoms with Crippen molar-refractivity contribution in [1.82, 2.24) is 24.6 Å². The molecule has 0 N–H and O–H groups in total. The molecule has 1 aliphatic rings. The molecule has 0 amide bonds. The lowest BCUT2D eigenvalue weighted by atomic mass is 10.0. The minimum Gasteiger partial charge on any atom is -0.493 e. The summed E-state index contributed by atoms with van der Waals surface area (Å²) in [6, 6.07) is 10.4. The number of likely N-dealkylation sites (tertiary alicyclic amines) is 1. The molecule has 1 saturated heterocycles. The highest BCUT2D eigenvalue weighted by molar-refractivity contribution is 5.70. The normalized spacial score (nSPS) is 15.4. The molecule has 29 heavy (non-hydrogen) atoms. The van der Waals surface area contributed by atoms with E-state index in [2.05, 4.69) is 37.8 Å². The minimum absolute atomic E-state index is 0.405. The third-order valence-corrected chi connectivity index (χ3v) is 5.63. The molecular weight excluding hydrogens is 366 g/mol. The smallest absolute Gasteiger partial charge is 0.182 e. The van der Waals surface area contributed by atoms with Gasteiger partial charge in [-0.15, -0.1) is 10.2 Å². The molecule has 7 nitrogen and oxygen atoms in total. The Balaban J connectivity index is 1.70. The highest BCUT2D eigenvalue weighted by Gasteiger charge is 2.24. The van der Waals surface area contributed by atoms with Crippen molar-refractivity contribution < 1.29 is 9.47 Å². The molecule has 1 fully saturated rings. The van der Waals surface area contributed by atoms with E-state index in [1.807, 2.05) is 37.4 Å². The average molecular weight is 393 g/mol. The maximum atomic E-state index is 5.45. The third kappa shape index (κ3) is 3.82. The molecule has 152 valence electrons. The van der Waals surface area contributed by atoms with Crippen molar-refractivity contribution in [3.05, 3.63) is 42.4 Å². The Morgan fingerprint density at radius 1 is 0.931 bits per heavy atom. The Morgan fingerprint density at radius 2 is 1.66 bits per heavy atom. The summed E-state index contributed by atoms with van der Waals surface area (Å²) in [5, 5.41) is 8.83. The SMILES string of the molecule is COc1ccc(-c2ccnc(-c3nnc(C)n3C3CCN(C)CC3)c2)cc1OC. The molecule has 7 heteroatoms. The summed E-state index contributed by atoms with van der Waals surface area (Å²) in [5.41, 5.74) is 2.91. The minimum atomic E-state index is 0.405. The van der Waals surface area contributed by atoms with E-state index < -0.39 is 0 Å². The lowest BCUT2D eigenvalue weighted by Gasteiger charge is -2.30. The quantitative estimate of drug-likeness (QED) is 0.660. The summed E-state index contributed by atoms with van der Waals surface area (Å²) in [6.45, 7) is 4.19. The van der Waals surface area contributed by atoms with Gasteiger partial charge in [-0.05, 0) is 75.3 Å². The van der Waals surface area contributed by atoms with Gasteiger partial charge < -0.3 is 18.9 Å². The summed E-state index contributed by atoms with van der Waals surface area (Å²) in [7, 11) is 5.46. The lowest BCUT2D eigenvalue weighted by Crippen LogP contribution is -2.32. The van der Waals surface area contributed by atoms with Gasteiger partial charge in [-0.2, -0.15) is 0 Å². The number of aromatic nitrogens is 4. The molecule has 0 radical (unpaired) electrons. The molecule has 3 aromatic rings. The number of rotatable bonds is 5. The van der Waals surface area contributed by atoms with Gasteiger partial charge in [0.1, 0.15) is 11.5 Å². The van der Waals surface area contributed by atoms with E-state index in [1.54, 1.807) is 14.2 Å². The summed E-state index contributed by atoms with van der Waals surface area (Å²) < 4.78 is 13.1. The standard InChI is InChI=1S/C22H27N5O2/c1-15-24-25-22(27(15)18-8-11-26(2)12-9-18)19-13-17(7-10-23-19)16-5-6-20(28-3)21(14-16)29-4/h5-7,10,13-14,18H,8-9,11-12H2,1-4H3. The Morgan fingerprint density at radius 3 is 2.38 bits per heavy atom. The monoisotopic (exact) mass is 393 g/mol. The largest absolute Gasteiger partial charge is 0.493 e. The second-order valence-electron chi connectivity index (χ2n) is 7.47. The fourth-order valence-corrected chi connectivity index (χ4v) is 3.98. The molecule has 0 aliphatic carbocycles. The van der Waals surface area contributed by atoms with Crippen LogP contribution in [0.1, 0.15) is 24.7 Å². The number of nitrogens with zero attached hydrogens (tertiary/aromatic N) is 5. The van der Waals surface area contributed by atoms with E-state index >= 15 is 0 Å². The number of hydrogen-bond acceptors (Lipinski definition) is 6. The van der Waals surface area contributed by atoms with Crippen LogP contribution >= 0.6 is 0 Å². The number of benzene rings is 1. The van der Waals surface area contributed by atoms with Gasteiger partial charge in [0.2, 0.25) is 0 Å². The predicted octanol–water partition coefficient (Wildman–Crippen LogP) is 3.60.